The number of hydrogen-bond donors (Lipinski definition) is 1. The van der Waals surface area contributed by atoms with E-state index in [0.717, 1.165) is 10.0 Å². The van der Waals surface area contributed by atoms with E-state index in [4.69, 9.17) is 5.73 Å². The molecule has 0 saturated heterocycles. The minimum Gasteiger partial charge on any atom is -0.320 e. The number of halogens is 1. The standard InChI is InChI=1S/C12H12BrNS/c1-8-5-6-15-12(8)11(14)9-3-2-4-10(13)7-9/h2-7,11H,14H2,1H3. The van der Waals surface area contributed by atoms with Crippen molar-refractivity contribution in [1.29, 1.82) is 0 Å². The Hall–Kier alpha value is -0.640. The van der Waals surface area contributed by atoms with E-state index in [1.807, 2.05) is 12.1 Å². The molecule has 1 unspecified atom stereocenters. The fourth-order valence-corrected chi connectivity index (χ4v) is 2.93. The molecule has 0 amide bonds. The number of rotatable bonds is 2. The highest BCUT2D eigenvalue weighted by molar-refractivity contribution is 9.10. The van der Waals surface area contributed by atoms with Gasteiger partial charge in [-0.05, 0) is 41.6 Å². The van der Waals surface area contributed by atoms with Crippen LogP contribution in [0.5, 0.6) is 0 Å². The summed E-state index contributed by atoms with van der Waals surface area (Å²) in [4.78, 5) is 1.24. The Bertz CT molecular complexity index is 464. The smallest absolute Gasteiger partial charge is 0.0649 e. The zero-order valence-electron chi connectivity index (χ0n) is 8.41. The lowest BCUT2D eigenvalue weighted by molar-refractivity contribution is 0.884. The third-order valence-electron chi connectivity index (χ3n) is 2.39. The summed E-state index contributed by atoms with van der Waals surface area (Å²) in [5.41, 5.74) is 8.64. The van der Waals surface area contributed by atoms with Gasteiger partial charge in [-0.25, -0.2) is 0 Å². The molecule has 1 atom stereocenters. The maximum atomic E-state index is 6.22. The van der Waals surface area contributed by atoms with Crippen molar-refractivity contribution in [3.05, 3.63) is 56.2 Å². The second-order valence-corrected chi connectivity index (χ2v) is 5.36. The molecule has 2 N–H and O–H groups in total. The van der Waals surface area contributed by atoms with Gasteiger partial charge in [-0.1, -0.05) is 28.1 Å². The molecule has 0 aliphatic heterocycles. The van der Waals surface area contributed by atoms with Crippen molar-refractivity contribution in [1.82, 2.24) is 0 Å². The largest absolute Gasteiger partial charge is 0.320 e. The Morgan fingerprint density at radius 2 is 2.13 bits per heavy atom. The Kier molecular flexibility index (Phi) is 3.24. The first-order valence-corrected chi connectivity index (χ1v) is 6.41. The normalized spacial score (nSPS) is 12.7. The molecule has 2 aromatic rings. The van der Waals surface area contributed by atoms with Gasteiger partial charge in [-0.15, -0.1) is 11.3 Å². The summed E-state index contributed by atoms with van der Waals surface area (Å²) >= 11 is 5.18. The monoisotopic (exact) mass is 281 g/mol. The van der Waals surface area contributed by atoms with Crippen molar-refractivity contribution < 1.29 is 0 Å². The van der Waals surface area contributed by atoms with E-state index >= 15 is 0 Å². The first kappa shape index (κ1) is 10.9. The third kappa shape index (κ3) is 2.30. The molecule has 0 fully saturated rings. The van der Waals surface area contributed by atoms with Crippen LogP contribution in [0.1, 0.15) is 22.0 Å². The van der Waals surface area contributed by atoms with E-state index in [2.05, 4.69) is 46.4 Å². The molecule has 0 bridgehead atoms. The molecule has 2 rings (SSSR count). The summed E-state index contributed by atoms with van der Waals surface area (Å²) < 4.78 is 1.07. The maximum absolute atomic E-state index is 6.22. The molecule has 0 aliphatic rings. The molecule has 15 heavy (non-hydrogen) atoms. The summed E-state index contributed by atoms with van der Waals surface area (Å²) in [6, 6.07) is 10.3. The van der Waals surface area contributed by atoms with Crippen molar-refractivity contribution in [3.63, 3.8) is 0 Å². The van der Waals surface area contributed by atoms with Crippen molar-refractivity contribution in [2.75, 3.05) is 0 Å². The average molecular weight is 282 g/mol. The van der Waals surface area contributed by atoms with E-state index < -0.39 is 0 Å². The van der Waals surface area contributed by atoms with Gasteiger partial charge >= 0.3 is 0 Å². The average Bonchev–Trinajstić information content (AvgIpc) is 2.63. The van der Waals surface area contributed by atoms with Crippen molar-refractivity contribution >= 4 is 27.3 Å². The quantitative estimate of drug-likeness (QED) is 0.889. The maximum Gasteiger partial charge on any atom is 0.0649 e. The first-order chi connectivity index (χ1) is 7.18. The lowest BCUT2D eigenvalue weighted by atomic mass is 10.0. The van der Waals surface area contributed by atoms with Crippen LogP contribution >= 0.6 is 27.3 Å². The minimum atomic E-state index is -0.0116. The number of aryl methyl sites for hydroxylation is 1. The SMILES string of the molecule is Cc1ccsc1C(N)c1cccc(Br)c1. The molecule has 1 heterocycles. The van der Waals surface area contributed by atoms with Crippen LogP contribution in [-0.4, -0.2) is 0 Å². The first-order valence-electron chi connectivity index (χ1n) is 4.73. The Labute approximate surface area is 102 Å². The van der Waals surface area contributed by atoms with Crippen LogP contribution in [0.25, 0.3) is 0 Å². The highest BCUT2D eigenvalue weighted by Crippen LogP contribution is 2.28. The molecule has 0 saturated carbocycles. The van der Waals surface area contributed by atoms with Gasteiger partial charge in [-0.3, -0.25) is 0 Å². The van der Waals surface area contributed by atoms with E-state index in [0.29, 0.717) is 0 Å². The Balaban J connectivity index is 2.36. The van der Waals surface area contributed by atoms with Gasteiger partial charge in [0.2, 0.25) is 0 Å². The van der Waals surface area contributed by atoms with Gasteiger partial charge in [0, 0.05) is 9.35 Å². The highest BCUT2D eigenvalue weighted by Gasteiger charge is 2.12. The number of hydrogen-bond acceptors (Lipinski definition) is 2. The van der Waals surface area contributed by atoms with E-state index in [1.165, 1.54) is 10.4 Å². The zero-order valence-corrected chi connectivity index (χ0v) is 10.8. The molecule has 3 heteroatoms. The summed E-state index contributed by atoms with van der Waals surface area (Å²) in [5, 5.41) is 2.09. The summed E-state index contributed by atoms with van der Waals surface area (Å²) in [5.74, 6) is 0. The molecule has 1 aromatic carbocycles. The molecule has 0 spiro atoms. The van der Waals surface area contributed by atoms with Crippen LogP contribution in [0.4, 0.5) is 0 Å². The second kappa shape index (κ2) is 4.47. The third-order valence-corrected chi connectivity index (χ3v) is 3.99. The van der Waals surface area contributed by atoms with Crippen molar-refractivity contribution in [3.8, 4) is 0 Å². The van der Waals surface area contributed by atoms with Crippen LogP contribution < -0.4 is 5.73 Å². The molecule has 0 radical (unpaired) electrons. The van der Waals surface area contributed by atoms with Gasteiger partial charge in [0.05, 0.1) is 6.04 Å². The zero-order chi connectivity index (χ0) is 10.8. The van der Waals surface area contributed by atoms with Crippen LogP contribution in [0.3, 0.4) is 0 Å². The molecule has 0 aliphatic carbocycles. The number of nitrogens with two attached hydrogens (primary N) is 1. The Morgan fingerprint density at radius 1 is 1.33 bits per heavy atom. The molecule has 1 aromatic heterocycles. The van der Waals surface area contributed by atoms with Gasteiger partial charge < -0.3 is 5.73 Å². The van der Waals surface area contributed by atoms with Crippen LogP contribution in [-0.2, 0) is 0 Å². The second-order valence-electron chi connectivity index (χ2n) is 3.50. The summed E-state index contributed by atoms with van der Waals surface area (Å²) in [7, 11) is 0. The fraction of sp³-hybridized carbons (Fsp3) is 0.167. The van der Waals surface area contributed by atoms with Gasteiger partial charge in [0.1, 0.15) is 0 Å². The van der Waals surface area contributed by atoms with Crippen molar-refractivity contribution in [2.24, 2.45) is 5.73 Å². The van der Waals surface area contributed by atoms with Crippen LogP contribution in [0.2, 0.25) is 0 Å². The molecular formula is C12H12BrNS. The lowest BCUT2D eigenvalue weighted by Gasteiger charge is -2.11. The predicted molar refractivity (Wildman–Crippen MR) is 69.2 cm³/mol. The number of benzene rings is 1. The summed E-state index contributed by atoms with van der Waals surface area (Å²) in [6.07, 6.45) is 0. The summed E-state index contributed by atoms with van der Waals surface area (Å²) in [6.45, 7) is 2.10. The van der Waals surface area contributed by atoms with E-state index in [1.54, 1.807) is 11.3 Å². The Morgan fingerprint density at radius 3 is 2.73 bits per heavy atom. The van der Waals surface area contributed by atoms with E-state index in [-0.39, 0.29) is 6.04 Å². The highest BCUT2D eigenvalue weighted by atomic mass is 79.9. The molecular weight excluding hydrogens is 270 g/mol. The number of thiophene rings is 1. The topological polar surface area (TPSA) is 26.0 Å². The van der Waals surface area contributed by atoms with Gasteiger partial charge in [0.15, 0.2) is 0 Å². The van der Waals surface area contributed by atoms with E-state index in [9.17, 15) is 0 Å². The molecule has 78 valence electrons. The minimum absolute atomic E-state index is 0.0116. The molecule has 1 nitrogen and oxygen atoms in total. The fourth-order valence-electron chi connectivity index (χ4n) is 1.55. The lowest BCUT2D eigenvalue weighted by Crippen LogP contribution is -2.11. The van der Waals surface area contributed by atoms with Gasteiger partial charge in [-0.2, -0.15) is 0 Å². The van der Waals surface area contributed by atoms with Gasteiger partial charge in [0.25, 0.3) is 0 Å². The van der Waals surface area contributed by atoms with Crippen molar-refractivity contribution in [2.45, 2.75) is 13.0 Å². The predicted octanol–water partition coefficient (Wildman–Crippen LogP) is 3.87. The van der Waals surface area contributed by atoms with Crippen LogP contribution in [0.15, 0.2) is 40.2 Å². The van der Waals surface area contributed by atoms with Crippen LogP contribution in [0, 0.1) is 6.92 Å².